The molecular formula is C16H12N6. The van der Waals surface area contributed by atoms with Gasteiger partial charge in [-0.3, -0.25) is 4.98 Å². The van der Waals surface area contributed by atoms with Gasteiger partial charge in [0.25, 0.3) is 0 Å². The SMILES string of the molecule is C=Cc1cnc2nnn(Cc3ccc4ncccc4c3)c2n1. The van der Waals surface area contributed by atoms with E-state index in [1.807, 2.05) is 24.3 Å². The number of rotatable bonds is 3. The van der Waals surface area contributed by atoms with Crippen LogP contribution in [0.15, 0.2) is 49.3 Å². The second-order valence-electron chi connectivity index (χ2n) is 4.92. The van der Waals surface area contributed by atoms with E-state index in [0.29, 0.717) is 23.5 Å². The highest BCUT2D eigenvalue weighted by Crippen LogP contribution is 2.15. The summed E-state index contributed by atoms with van der Waals surface area (Å²) in [6.45, 7) is 4.29. The van der Waals surface area contributed by atoms with Crippen molar-refractivity contribution in [3.63, 3.8) is 0 Å². The number of aromatic nitrogens is 6. The summed E-state index contributed by atoms with van der Waals surface area (Å²) in [5, 5.41) is 9.28. The van der Waals surface area contributed by atoms with Crippen molar-refractivity contribution in [2.24, 2.45) is 0 Å². The van der Waals surface area contributed by atoms with Crippen LogP contribution in [0.2, 0.25) is 0 Å². The highest BCUT2D eigenvalue weighted by atomic mass is 15.4. The Morgan fingerprint density at radius 3 is 3.05 bits per heavy atom. The number of hydrogen-bond acceptors (Lipinski definition) is 5. The molecule has 106 valence electrons. The number of pyridine rings is 1. The van der Waals surface area contributed by atoms with Gasteiger partial charge in [-0.15, -0.1) is 5.10 Å². The van der Waals surface area contributed by atoms with E-state index in [0.717, 1.165) is 16.5 Å². The summed E-state index contributed by atoms with van der Waals surface area (Å²) in [5.41, 5.74) is 3.98. The molecular weight excluding hydrogens is 276 g/mol. The highest BCUT2D eigenvalue weighted by Gasteiger charge is 2.08. The first-order valence-corrected chi connectivity index (χ1v) is 6.86. The predicted octanol–water partition coefficient (Wildman–Crippen LogP) is 2.46. The maximum Gasteiger partial charge on any atom is 0.221 e. The third-order valence-electron chi connectivity index (χ3n) is 3.45. The standard InChI is InChI=1S/C16H12N6/c1-2-13-9-18-15-16(19-13)22(21-20-15)10-11-5-6-14-12(8-11)4-3-7-17-14/h2-9H,1,10H2. The molecule has 3 aromatic heterocycles. The van der Waals surface area contributed by atoms with Gasteiger partial charge in [-0.25, -0.2) is 14.6 Å². The van der Waals surface area contributed by atoms with Gasteiger partial charge in [0.2, 0.25) is 5.65 Å². The molecule has 0 saturated carbocycles. The fourth-order valence-corrected chi connectivity index (χ4v) is 2.37. The van der Waals surface area contributed by atoms with Crippen molar-refractivity contribution in [1.82, 2.24) is 29.9 Å². The lowest BCUT2D eigenvalue weighted by Crippen LogP contribution is -2.03. The first-order valence-electron chi connectivity index (χ1n) is 6.86. The molecule has 0 N–H and O–H groups in total. The fraction of sp³-hybridized carbons (Fsp3) is 0.0625. The van der Waals surface area contributed by atoms with Gasteiger partial charge < -0.3 is 0 Å². The highest BCUT2D eigenvalue weighted by molar-refractivity contribution is 5.79. The van der Waals surface area contributed by atoms with Crippen LogP contribution in [-0.4, -0.2) is 29.9 Å². The summed E-state index contributed by atoms with van der Waals surface area (Å²) in [4.78, 5) is 13.0. The van der Waals surface area contributed by atoms with Crippen LogP contribution < -0.4 is 0 Å². The van der Waals surface area contributed by atoms with E-state index < -0.39 is 0 Å². The lowest BCUT2D eigenvalue weighted by atomic mass is 10.1. The fourth-order valence-electron chi connectivity index (χ4n) is 2.37. The number of fused-ring (bicyclic) bond motifs is 2. The minimum absolute atomic E-state index is 0.535. The van der Waals surface area contributed by atoms with Crippen LogP contribution in [0.1, 0.15) is 11.3 Å². The van der Waals surface area contributed by atoms with Gasteiger partial charge in [-0.2, -0.15) is 0 Å². The van der Waals surface area contributed by atoms with Crippen LogP contribution in [0.25, 0.3) is 28.3 Å². The zero-order chi connectivity index (χ0) is 14.9. The third kappa shape index (κ3) is 2.10. The van der Waals surface area contributed by atoms with Gasteiger partial charge in [0.05, 0.1) is 24.0 Å². The van der Waals surface area contributed by atoms with Crippen LogP contribution in [0.3, 0.4) is 0 Å². The molecule has 6 nitrogen and oxygen atoms in total. The molecule has 22 heavy (non-hydrogen) atoms. The van der Waals surface area contributed by atoms with Crippen LogP contribution in [0, 0.1) is 0 Å². The van der Waals surface area contributed by atoms with Gasteiger partial charge in [0, 0.05) is 11.6 Å². The van der Waals surface area contributed by atoms with Crippen molar-refractivity contribution in [3.05, 3.63) is 60.6 Å². The molecule has 0 bridgehead atoms. The normalized spacial score (nSPS) is 11.1. The lowest BCUT2D eigenvalue weighted by Gasteiger charge is -2.04. The van der Waals surface area contributed by atoms with E-state index >= 15 is 0 Å². The first-order chi connectivity index (χ1) is 10.8. The van der Waals surface area contributed by atoms with Gasteiger partial charge in [0.1, 0.15) is 0 Å². The molecule has 0 aliphatic rings. The number of benzene rings is 1. The minimum Gasteiger partial charge on any atom is -0.256 e. The summed E-state index contributed by atoms with van der Waals surface area (Å²) in [6, 6.07) is 10.1. The minimum atomic E-state index is 0.535. The summed E-state index contributed by atoms with van der Waals surface area (Å²) < 4.78 is 1.74. The second kappa shape index (κ2) is 5.00. The molecule has 0 fully saturated rings. The molecule has 0 saturated heterocycles. The Morgan fingerprint density at radius 2 is 2.14 bits per heavy atom. The maximum atomic E-state index is 4.46. The number of nitrogens with zero attached hydrogens (tertiary/aromatic N) is 6. The summed E-state index contributed by atoms with van der Waals surface area (Å²) >= 11 is 0. The zero-order valence-electron chi connectivity index (χ0n) is 11.7. The third-order valence-corrected chi connectivity index (χ3v) is 3.45. The molecule has 0 unspecified atom stereocenters. The largest absolute Gasteiger partial charge is 0.256 e. The Bertz CT molecular complexity index is 988. The van der Waals surface area contributed by atoms with Crippen LogP contribution in [0.4, 0.5) is 0 Å². The molecule has 0 atom stereocenters. The molecule has 0 aliphatic heterocycles. The van der Waals surface area contributed by atoms with Gasteiger partial charge in [-0.05, 0) is 29.8 Å². The predicted molar refractivity (Wildman–Crippen MR) is 84.1 cm³/mol. The average molecular weight is 288 g/mol. The quantitative estimate of drug-likeness (QED) is 0.579. The monoisotopic (exact) mass is 288 g/mol. The molecule has 0 aliphatic carbocycles. The Hall–Kier alpha value is -3.15. The van der Waals surface area contributed by atoms with Crippen molar-refractivity contribution < 1.29 is 0 Å². The van der Waals surface area contributed by atoms with Crippen LogP contribution in [-0.2, 0) is 6.54 Å². The first kappa shape index (κ1) is 12.6. The Balaban J connectivity index is 1.76. The van der Waals surface area contributed by atoms with Crippen LogP contribution >= 0.6 is 0 Å². The lowest BCUT2D eigenvalue weighted by molar-refractivity contribution is 0.664. The Labute approximate surface area is 126 Å². The zero-order valence-corrected chi connectivity index (χ0v) is 11.7. The molecule has 0 spiro atoms. The van der Waals surface area contributed by atoms with E-state index in [1.165, 1.54) is 0 Å². The van der Waals surface area contributed by atoms with E-state index in [1.54, 1.807) is 23.2 Å². The molecule has 3 heterocycles. The smallest absolute Gasteiger partial charge is 0.221 e. The molecule has 0 amide bonds. The van der Waals surface area contributed by atoms with Gasteiger partial charge in [0.15, 0.2) is 5.65 Å². The van der Waals surface area contributed by atoms with Gasteiger partial charge >= 0.3 is 0 Å². The Kier molecular flexibility index (Phi) is 2.86. The van der Waals surface area contributed by atoms with Crippen LogP contribution in [0.5, 0.6) is 0 Å². The van der Waals surface area contributed by atoms with Gasteiger partial charge in [-0.1, -0.05) is 23.9 Å². The van der Waals surface area contributed by atoms with Crippen molar-refractivity contribution in [3.8, 4) is 0 Å². The second-order valence-corrected chi connectivity index (χ2v) is 4.92. The maximum absolute atomic E-state index is 4.46. The molecule has 1 aromatic carbocycles. The average Bonchev–Trinajstić information content (AvgIpc) is 2.97. The Morgan fingerprint density at radius 1 is 1.18 bits per heavy atom. The molecule has 4 aromatic rings. The molecule has 4 rings (SSSR count). The molecule has 0 radical (unpaired) electrons. The summed E-state index contributed by atoms with van der Waals surface area (Å²) in [5.74, 6) is 0. The van der Waals surface area contributed by atoms with Crippen molar-refractivity contribution in [2.75, 3.05) is 0 Å². The van der Waals surface area contributed by atoms with Crippen molar-refractivity contribution in [2.45, 2.75) is 6.54 Å². The van der Waals surface area contributed by atoms with Crippen molar-refractivity contribution >= 4 is 28.3 Å². The molecule has 6 heteroatoms. The van der Waals surface area contributed by atoms with Crippen molar-refractivity contribution in [1.29, 1.82) is 0 Å². The topological polar surface area (TPSA) is 69.4 Å². The van der Waals surface area contributed by atoms with E-state index in [-0.39, 0.29) is 0 Å². The van der Waals surface area contributed by atoms with E-state index in [2.05, 4.69) is 37.9 Å². The number of hydrogen-bond donors (Lipinski definition) is 0. The summed E-state index contributed by atoms with van der Waals surface area (Å²) in [6.07, 6.45) is 5.08. The van der Waals surface area contributed by atoms with E-state index in [4.69, 9.17) is 0 Å². The van der Waals surface area contributed by atoms with E-state index in [9.17, 15) is 0 Å². The summed E-state index contributed by atoms with van der Waals surface area (Å²) in [7, 11) is 0.